The van der Waals surface area contributed by atoms with Crippen LogP contribution >= 0.6 is 0 Å². The lowest BCUT2D eigenvalue weighted by molar-refractivity contribution is -0.121. The van der Waals surface area contributed by atoms with Crippen molar-refractivity contribution in [1.82, 2.24) is 9.62 Å². The molecule has 7 heteroatoms. The minimum atomic E-state index is -3.37. The number of hydrogen-bond acceptors (Lipinski definition) is 4. The molecule has 0 fully saturated rings. The highest BCUT2D eigenvalue weighted by atomic mass is 32.2. The van der Waals surface area contributed by atoms with Crippen LogP contribution < -0.4 is 5.32 Å². The number of nitrogens with zero attached hydrogens (tertiary/aromatic N) is 1. The van der Waals surface area contributed by atoms with Gasteiger partial charge in [0.15, 0.2) is 0 Å². The summed E-state index contributed by atoms with van der Waals surface area (Å²) < 4.78 is 29.1. The molecule has 108 valence electrons. The van der Waals surface area contributed by atoms with Crippen LogP contribution in [0.5, 0.6) is 0 Å². The van der Waals surface area contributed by atoms with E-state index >= 15 is 0 Å². The summed E-state index contributed by atoms with van der Waals surface area (Å²) in [7, 11) is -1.81. The SMILES string of the molecule is CCC(C)NC(=O)CN(CCCOC)S(C)(=O)=O. The minimum Gasteiger partial charge on any atom is -0.385 e. The molecule has 0 rings (SSSR count). The first-order chi connectivity index (χ1) is 8.31. The predicted molar refractivity (Wildman–Crippen MR) is 70.8 cm³/mol. The molecule has 0 radical (unpaired) electrons. The molecule has 0 saturated heterocycles. The van der Waals surface area contributed by atoms with Crippen molar-refractivity contribution in [3.8, 4) is 0 Å². The van der Waals surface area contributed by atoms with Crippen molar-refractivity contribution in [3.63, 3.8) is 0 Å². The topological polar surface area (TPSA) is 75.7 Å². The van der Waals surface area contributed by atoms with Crippen LogP contribution in [0, 0.1) is 0 Å². The Morgan fingerprint density at radius 3 is 2.50 bits per heavy atom. The van der Waals surface area contributed by atoms with Gasteiger partial charge >= 0.3 is 0 Å². The Bertz CT molecular complexity index is 343. The third-order valence-electron chi connectivity index (χ3n) is 2.56. The molecule has 0 aliphatic heterocycles. The fraction of sp³-hybridized carbons (Fsp3) is 0.909. The van der Waals surface area contributed by atoms with Gasteiger partial charge in [-0.25, -0.2) is 8.42 Å². The molecule has 1 unspecified atom stereocenters. The number of carbonyl (C=O) groups is 1. The van der Waals surface area contributed by atoms with Crippen LogP contribution in [-0.4, -0.2) is 57.7 Å². The van der Waals surface area contributed by atoms with Gasteiger partial charge in [0.25, 0.3) is 0 Å². The summed E-state index contributed by atoms with van der Waals surface area (Å²) in [5.41, 5.74) is 0. The number of hydrogen-bond donors (Lipinski definition) is 1. The van der Waals surface area contributed by atoms with Crippen LogP contribution in [0.4, 0.5) is 0 Å². The molecule has 1 amide bonds. The zero-order chi connectivity index (χ0) is 14.2. The summed E-state index contributed by atoms with van der Waals surface area (Å²) in [5, 5.41) is 2.75. The Kier molecular flexibility index (Phi) is 8.13. The summed E-state index contributed by atoms with van der Waals surface area (Å²) in [6.45, 7) is 4.47. The summed E-state index contributed by atoms with van der Waals surface area (Å²) in [5.74, 6) is -0.271. The van der Waals surface area contributed by atoms with Gasteiger partial charge in [0.2, 0.25) is 15.9 Å². The molecule has 0 aliphatic rings. The van der Waals surface area contributed by atoms with Gasteiger partial charge in [-0.1, -0.05) is 6.92 Å². The van der Waals surface area contributed by atoms with Crippen molar-refractivity contribution in [2.75, 3.05) is 33.1 Å². The van der Waals surface area contributed by atoms with E-state index in [1.165, 1.54) is 4.31 Å². The molecule has 0 saturated carbocycles. The van der Waals surface area contributed by atoms with E-state index in [1.54, 1.807) is 7.11 Å². The molecule has 6 nitrogen and oxygen atoms in total. The molecule has 0 bridgehead atoms. The maximum atomic E-state index is 11.7. The second kappa shape index (κ2) is 8.44. The molecule has 0 aliphatic carbocycles. The van der Waals surface area contributed by atoms with E-state index in [9.17, 15) is 13.2 Å². The second-order valence-corrected chi connectivity index (χ2v) is 6.30. The maximum Gasteiger partial charge on any atom is 0.235 e. The summed E-state index contributed by atoms with van der Waals surface area (Å²) in [6, 6.07) is 0.0536. The average molecular weight is 280 g/mol. The van der Waals surface area contributed by atoms with Gasteiger partial charge in [-0.3, -0.25) is 4.79 Å². The first-order valence-electron chi connectivity index (χ1n) is 6.04. The Balaban J connectivity index is 4.37. The lowest BCUT2D eigenvalue weighted by atomic mass is 10.2. The Hall–Kier alpha value is -0.660. The van der Waals surface area contributed by atoms with E-state index in [0.29, 0.717) is 19.6 Å². The third-order valence-corrected chi connectivity index (χ3v) is 3.81. The van der Waals surface area contributed by atoms with Crippen LogP contribution in [0.15, 0.2) is 0 Å². The van der Waals surface area contributed by atoms with E-state index in [1.807, 2.05) is 13.8 Å². The number of rotatable bonds is 9. The summed E-state index contributed by atoms with van der Waals surface area (Å²) in [4.78, 5) is 11.7. The fourth-order valence-electron chi connectivity index (χ4n) is 1.33. The Morgan fingerprint density at radius 2 is 2.06 bits per heavy atom. The highest BCUT2D eigenvalue weighted by Crippen LogP contribution is 2.00. The van der Waals surface area contributed by atoms with Crippen LogP contribution in [0.3, 0.4) is 0 Å². The molecule has 18 heavy (non-hydrogen) atoms. The van der Waals surface area contributed by atoms with Gasteiger partial charge in [-0.15, -0.1) is 0 Å². The van der Waals surface area contributed by atoms with Crippen molar-refractivity contribution in [3.05, 3.63) is 0 Å². The van der Waals surface area contributed by atoms with Crippen molar-refractivity contribution in [1.29, 1.82) is 0 Å². The van der Waals surface area contributed by atoms with Gasteiger partial charge in [0.1, 0.15) is 0 Å². The smallest absolute Gasteiger partial charge is 0.235 e. The number of ether oxygens (including phenoxy) is 1. The zero-order valence-electron chi connectivity index (χ0n) is 11.6. The third kappa shape index (κ3) is 7.62. The number of amides is 1. The number of nitrogens with one attached hydrogen (secondary N) is 1. The van der Waals surface area contributed by atoms with Gasteiger partial charge in [0, 0.05) is 26.3 Å². The quantitative estimate of drug-likeness (QED) is 0.612. The molecule has 0 aromatic heterocycles. The Morgan fingerprint density at radius 1 is 1.44 bits per heavy atom. The van der Waals surface area contributed by atoms with Gasteiger partial charge in [-0.05, 0) is 19.8 Å². The summed E-state index contributed by atoms with van der Waals surface area (Å²) >= 11 is 0. The molecule has 0 aromatic rings. The maximum absolute atomic E-state index is 11.7. The van der Waals surface area contributed by atoms with E-state index in [4.69, 9.17) is 4.74 Å². The van der Waals surface area contributed by atoms with Crippen molar-refractivity contribution >= 4 is 15.9 Å². The van der Waals surface area contributed by atoms with E-state index in [0.717, 1.165) is 12.7 Å². The lowest BCUT2D eigenvalue weighted by Gasteiger charge is -2.20. The number of carbonyl (C=O) groups excluding carboxylic acids is 1. The van der Waals surface area contributed by atoms with Gasteiger partial charge in [-0.2, -0.15) is 4.31 Å². The highest BCUT2D eigenvalue weighted by Gasteiger charge is 2.20. The lowest BCUT2D eigenvalue weighted by Crippen LogP contribution is -2.43. The second-order valence-electron chi connectivity index (χ2n) is 4.32. The summed E-state index contributed by atoms with van der Waals surface area (Å²) in [6.07, 6.45) is 2.49. The van der Waals surface area contributed by atoms with Crippen LogP contribution in [-0.2, 0) is 19.6 Å². The van der Waals surface area contributed by atoms with Gasteiger partial charge in [0.05, 0.1) is 12.8 Å². The van der Waals surface area contributed by atoms with Crippen LogP contribution in [0.1, 0.15) is 26.7 Å². The van der Waals surface area contributed by atoms with Crippen LogP contribution in [0.25, 0.3) is 0 Å². The molecule has 1 N–H and O–H groups in total. The number of sulfonamides is 1. The molecule has 0 spiro atoms. The van der Waals surface area contributed by atoms with E-state index in [2.05, 4.69) is 5.32 Å². The number of methoxy groups -OCH3 is 1. The Labute approximate surface area is 110 Å². The van der Waals surface area contributed by atoms with Crippen molar-refractivity contribution in [2.24, 2.45) is 0 Å². The fourth-order valence-corrected chi connectivity index (χ4v) is 2.14. The molecular formula is C11H24N2O4S. The predicted octanol–water partition coefficient (Wildman–Crippen LogP) is 0.199. The first-order valence-corrected chi connectivity index (χ1v) is 7.89. The minimum absolute atomic E-state index is 0.0536. The van der Waals surface area contributed by atoms with Crippen molar-refractivity contribution in [2.45, 2.75) is 32.7 Å². The largest absolute Gasteiger partial charge is 0.385 e. The van der Waals surface area contributed by atoms with Crippen molar-refractivity contribution < 1.29 is 17.9 Å². The molecule has 1 atom stereocenters. The zero-order valence-corrected chi connectivity index (χ0v) is 12.4. The molecular weight excluding hydrogens is 256 g/mol. The first kappa shape index (κ1) is 17.3. The van der Waals surface area contributed by atoms with Crippen LogP contribution in [0.2, 0.25) is 0 Å². The van der Waals surface area contributed by atoms with E-state index < -0.39 is 10.0 Å². The highest BCUT2D eigenvalue weighted by molar-refractivity contribution is 7.88. The van der Waals surface area contributed by atoms with E-state index in [-0.39, 0.29) is 18.5 Å². The monoisotopic (exact) mass is 280 g/mol. The van der Waals surface area contributed by atoms with Gasteiger partial charge < -0.3 is 10.1 Å². The molecule has 0 aromatic carbocycles. The average Bonchev–Trinajstić information content (AvgIpc) is 2.26. The normalized spacial score (nSPS) is 13.6. The molecule has 0 heterocycles. The standard InChI is InChI=1S/C11H24N2O4S/c1-5-10(2)12-11(14)9-13(18(4,15)16)7-6-8-17-3/h10H,5-9H2,1-4H3,(H,12,14).